The lowest BCUT2D eigenvalue weighted by atomic mass is 9.89. The van der Waals surface area contributed by atoms with Crippen molar-refractivity contribution in [3.05, 3.63) is 35.9 Å². The molecule has 2 atom stereocenters. The SMILES string of the molecule is CC(C)N[C@@H](C)[C@@](C)(O)c1ccccc1. The van der Waals surface area contributed by atoms with Crippen LogP contribution in [0.15, 0.2) is 30.3 Å². The minimum Gasteiger partial charge on any atom is -0.384 e. The summed E-state index contributed by atoms with van der Waals surface area (Å²) in [5.74, 6) is 0. The third-order valence-electron chi connectivity index (χ3n) is 2.78. The van der Waals surface area contributed by atoms with Gasteiger partial charge in [0.25, 0.3) is 0 Å². The highest BCUT2D eigenvalue weighted by molar-refractivity contribution is 5.23. The van der Waals surface area contributed by atoms with Gasteiger partial charge >= 0.3 is 0 Å². The van der Waals surface area contributed by atoms with Crippen LogP contribution >= 0.6 is 0 Å². The van der Waals surface area contributed by atoms with Crippen molar-refractivity contribution in [1.82, 2.24) is 5.32 Å². The number of hydrogen-bond acceptors (Lipinski definition) is 2. The van der Waals surface area contributed by atoms with E-state index in [1.807, 2.05) is 44.2 Å². The van der Waals surface area contributed by atoms with Crippen molar-refractivity contribution < 1.29 is 5.11 Å². The van der Waals surface area contributed by atoms with Crippen LogP contribution in [0.25, 0.3) is 0 Å². The summed E-state index contributed by atoms with van der Waals surface area (Å²) in [6.07, 6.45) is 0. The van der Waals surface area contributed by atoms with E-state index >= 15 is 0 Å². The zero-order valence-corrected chi connectivity index (χ0v) is 9.99. The van der Waals surface area contributed by atoms with Gasteiger partial charge < -0.3 is 10.4 Å². The molecule has 0 aliphatic heterocycles. The Morgan fingerprint density at radius 3 is 2.13 bits per heavy atom. The Kier molecular flexibility index (Phi) is 3.89. The number of nitrogens with one attached hydrogen (secondary N) is 1. The Hall–Kier alpha value is -0.860. The average molecular weight is 207 g/mol. The Balaban J connectivity index is 2.82. The van der Waals surface area contributed by atoms with Crippen molar-refractivity contribution in [2.75, 3.05) is 0 Å². The highest BCUT2D eigenvalue weighted by Crippen LogP contribution is 2.24. The van der Waals surface area contributed by atoms with Gasteiger partial charge in [0.2, 0.25) is 0 Å². The van der Waals surface area contributed by atoms with Crippen LogP contribution in [-0.4, -0.2) is 17.2 Å². The summed E-state index contributed by atoms with van der Waals surface area (Å²) in [5, 5.41) is 13.8. The summed E-state index contributed by atoms with van der Waals surface area (Å²) in [4.78, 5) is 0. The van der Waals surface area contributed by atoms with E-state index in [-0.39, 0.29) is 6.04 Å². The monoisotopic (exact) mass is 207 g/mol. The molecular formula is C13H21NO. The molecule has 84 valence electrons. The fraction of sp³-hybridized carbons (Fsp3) is 0.538. The molecule has 15 heavy (non-hydrogen) atoms. The maximum absolute atomic E-state index is 10.4. The lowest BCUT2D eigenvalue weighted by Crippen LogP contribution is -2.47. The molecule has 0 spiro atoms. The van der Waals surface area contributed by atoms with E-state index in [0.717, 1.165) is 5.56 Å². The lowest BCUT2D eigenvalue weighted by molar-refractivity contribution is 0.0187. The predicted molar refractivity (Wildman–Crippen MR) is 63.7 cm³/mol. The molecule has 0 aliphatic rings. The van der Waals surface area contributed by atoms with Gasteiger partial charge in [-0.25, -0.2) is 0 Å². The van der Waals surface area contributed by atoms with Crippen molar-refractivity contribution in [3.63, 3.8) is 0 Å². The van der Waals surface area contributed by atoms with Crippen LogP contribution in [0.4, 0.5) is 0 Å². The normalized spacial score (nSPS) is 17.5. The van der Waals surface area contributed by atoms with E-state index in [1.54, 1.807) is 0 Å². The van der Waals surface area contributed by atoms with Crippen molar-refractivity contribution in [2.24, 2.45) is 0 Å². The number of hydrogen-bond donors (Lipinski definition) is 2. The first kappa shape index (κ1) is 12.2. The second-order valence-corrected chi connectivity index (χ2v) is 4.56. The van der Waals surface area contributed by atoms with Gasteiger partial charge in [-0.1, -0.05) is 44.2 Å². The first-order valence-electron chi connectivity index (χ1n) is 5.48. The zero-order chi connectivity index (χ0) is 11.5. The summed E-state index contributed by atoms with van der Waals surface area (Å²) in [7, 11) is 0. The van der Waals surface area contributed by atoms with Crippen LogP contribution in [0.2, 0.25) is 0 Å². The summed E-state index contributed by atoms with van der Waals surface area (Å²) < 4.78 is 0. The largest absolute Gasteiger partial charge is 0.384 e. The van der Waals surface area contributed by atoms with E-state index in [2.05, 4.69) is 19.2 Å². The number of benzene rings is 1. The van der Waals surface area contributed by atoms with E-state index in [1.165, 1.54) is 0 Å². The Morgan fingerprint density at radius 1 is 1.13 bits per heavy atom. The quantitative estimate of drug-likeness (QED) is 0.794. The molecule has 0 fully saturated rings. The second-order valence-electron chi connectivity index (χ2n) is 4.56. The minimum atomic E-state index is -0.828. The zero-order valence-electron chi connectivity index (χ0n) is 9.99. The van der Waals surface area contributed by atoms with Gasteiger partial charge in [0, 0.05) is 12.1 Å². The predicted octanol–water partition coefficient (Wildman–Crippen LogP) is 2.28. The fourth-order valence-electron chi connectivity index (χ4n) is 1.69. The molecule has 2 N–H and O–H groups in total. The molecule has 1 aromatic carbocycles. The van der Waals surface area contributed by atoms with Crippen LogP contribution in [-0.2, 0) is 5.60 Å². The molecule has 0 saturated heterocycles. The molecule has 0 aromatic heterocycles. The van der Waals surface area contributed by atoms with E-state index in [4.69, 9.17) is 0 Å². The molecule has 1 rings (SSSR count). The first-order valence-corrected chi connectivity index (χ1v) is 5.48. The second kappa shape index (κ2) is 4.77. The molecule has 2 heteroatoms. The van der Waals surface area contributed by atoms with E-state index < -0.39 is 5.60 Å². The highest BCUT2D eigenvalue weighted by atomic mass is 16.3. The Bertz CT molecular complexity index is 293. The molecule has 0 unspecified atom stereocenters. The topological polar surface area (TPSA) is 32.3 Å². The van der Waals surface area contributed by atoms with E-state index in [9.17, 15) is 5.11 Å². The van der Waals surface area contributed by atoms with Crippen LogP contribution in [0.1, 0.15) is 33.3 Å². The summed E-state index contributed by atoms with van der Waals surface area (Å²) in [6.45, 7) is 8.02. The van der Waals surface area contributed by atoms with Gasteiger partial charge in [-0.15, -0.1) is 0 Å². The Labute approximate surface area is 92.3 Å². The standard InChI is InChI=1S/C13H21NO/c1-10(2)14-11(3)13(4,15)12-8-6-5-7-9-12/h5-11,14-15H,1-4H3/t11-,13+/m0/s1. The number of aliphatic hydroxyl groups is 1. The molecule has 1 aromatic rings. The van der Waals surface area contributed by atoms with Crippen LogP contribution in [0.5, 0.6) is 0 Å². The number of rotatable bonds is 4. The smallest absolute Gasteiger partial charge is 0.102 e. The Morgan fingerprint density at radius 2 is 1.67 bits per heavy atom. The molecule has 0 heterocycles. The molecule has 0 saturated carbocycles. The first-order chi connectivity index (χ1) is 6.94. The van der Waals surface area contributed by atoms with Crippen molar-refractivity contribution in [3.8, 4) is 0 Å². The minimum absolute atomic E-state index is 0.0277. The molecular weight excluding hydrogens is 186 g/mol. The fourth-order valence-corrected chi connectivity index (χ4v) is 1.69. The highest BCUT2D eigenvalue weighted by Gasteiger charge is 2.30. The van der Waals surface area contributed by atoms with Gasteiger partial charge in [0.05, 0.1) is 0 Å². The molecule has 0 radical (unpaired) electrons. The molecule has 0 aliphatic carbocycles. The van der Waals surface area contributed by atoms with Crippen LogP contribution in [0.3, 0.4) is 0 Å². The average Bonchev–Trinajstić information content (AvgIpc) is 2.18. The third-order valence-corrected chi connectivity index (χ3v) is 2.78. The summed E-state index contributed by atoms with van der Waals surface area (Å²) in [6, 6.07) is 10.2. The maximum atomic E-state index is 10.4. The van der Waals surface area contributed by atoms with Crippen molar-refractivity contribution in [1.29, 1.82) is 0 Å². The molecule has 2 nitrogen and oxygen atoms in total. The molecule has 0 bridgehead atoms. The van der Waals surface area contributed by atoms with Gasteiger partial charge in [0.15, 0.2) is 0 Å². The van der Waals surface area contributed by atoms with Crippen molar-refractivity contribution in [2.45, 2.75) is 45.4 Å². The van der Waals surface area contributed by atoms with Gasteiger partial charge in [0.1, 0.15) is 5.60 Å². The summed E-state index contributed by atoms with van der Waals surface area (Å²) in [5.41, 5.74) is 0.122. The van der Waals surface area contributed by atoms with E-state index in [0.29, 0.717) is 6.04 Å². The van der Waals surface area contributed by atoms with Crippen molar-refractivity contribution >= 4 is 0 Å². The molecule has 0 amide bonds. The van der Waals surface area contributed by atoms with Crippen LogP contribution < -0.4 is 5.32 Å². The summed E-state index contributed by atoms with van der Waals surface area (Å²) >= 11 is 0. The van der Waals surface area contributed by atoms with Gasteiger partial charge in [-0.3, -0.25) is 0 Å². The third kappa shape index (κ3) is 3.05. The van der Waals surface area contributed by atoms with Gasteiger partial charge in [-0.05, 0) is 19.4 Å². The van der Waals surface area contributed by atoms with Gasteiger partial charge in [-0.2, -0.15) is 0 Å². The maximum Gasteiger partial charge on any atom is 0.102 e. The lowest BCUT2D eigenvalue weighted by Gasteiger charge is -2.33. The van der Waals surface area contributed by atoms with Crippen LogP contribution in [0, 0.1) is 0 Å².